The minimum atomic E-state index is -0.795. The molecule has 2 aromatic rings. The number of carbonyl (C=O) groups excluding carboxylic acids is 2. The van der Waals surface area contributed by atoms with Crippen molar-refractivity contribution in [3.05, 3.63) is 58.6 Å². The lowest BCUT2D eigenvalue weighted by Gasteiger charge is -2.15. The van der Waals surface area contributed by atoms with E-state index < -0.39 is 18.2 Å². The first-order valence-electron chi connectivity index (χ1n) is 9.12. The maximum atomic E-state index is 11.3. The van der Waals surface area contributed by atoms with Crippen LogP contribution in [0.2, 0.25) is 10.0 Å². The van der Waals surface area contributed by atoms with Gasteiger partial charge in [-0.05, 0) is 48.5 Å². The summed E-state index contributed by atoms with van der Waals surface area (Å²) in [6.07, 6.45) is -0.455. The molecular formula is C21H22Cl2O7. The molecule has 162 valence electrons. The smallest absolute Gasteiger partial charge is 0.347 e. The summed E-state index contributed by atoms with van der Waals surface area (Å²) in [5.74, 6) is 0.343. The fraction of sp³-hybridized carbons (Fsp3) is 0.333. The molecule has 9 heteroatoms. The standard InChI is InChI=1S/C11H13ClO4.C10H9ClO3/c1-15-11(14)10(6-7-13)16-9-4-2-8(12)3-5-9;11-7-1-3-8(4-2-7)14-9-5-6-13-10(9)12/h2-5,10,13H,6-7H2,1H3;1-4,9H,5-6H2. The molecule has 7 nitrogen and oxygen atoms in total. The number of ether oxygens (including phenoxy) is 4. The number of halogens is 2. The molecule has 0 radical (unpaired) electrons. The molecule has 0 aromatic heterocycles. The summed E-state index contributed by atoms with van der Waals surface area (Å²) in [4.78, 5) is 22.4. The Morgan fingerprint density at radius 1 is 1.10 bits per heavy atom. The molecule has 3 rings (SSSR count). The summed E-state index contributed by atoms with van der Waals surface area (Å²) < 4.78 is 20.1. The average Bonchev–Trinajstić information content (AvgIpc) is 3.15. The van der Waals surface area contributed by atoms with E-state index in [4.69, 9.17) is 42.5 Å². The molecule has 2 unspecified atom stereocenters. The number of cyclic esters (lactones) is 1. The van der Waals surface area contributed by atoms with Gasteiger partial charge in [-0.2, -0.15) is 0 Å². The third-order valence-corrected chi connectivity index (χ3v) is 4.43. The largest absolute Gasteiger partial charge is 0.479 e. The van der Waals surface area contributed by atoms with Gasteiger partial charge in [0.2, 0.25) is 0 Å². The zero-order valence-electron chi connectivity index (χ0n) is 16.3. The molecule has 2 atom stereocenters. The number of hydrogen-bond donors (Lipinski definition) is 1. The van der Waals surface area contributed by atoms with Gasteiger partial charge in [0.1, 0.15) is 11.5 Å². The summed E-state index contributed by atoms with van der Waals surface area (Å²) in [7, 11) is 1.28. The van der Waals surface area contributed by atoms with Crippen molar-refractivity contribution < 1.29 is 33.6 Å². The van der Waals surface area contributed by atoms with E-state index in [1.165, 1.54) is 7.11 Å². The van der Waals surface area contributed by atoms with Crippen LogP contribution in [0, 0.1) is 0 Å². The monoisotopic (exact) mass is 456 g/mol. The fourth-order valence-electron chi connectivity index (χ4n) is 2.41. The number of esters is 2. The van der Waals surface area contributed by atoms with E-state index in [1.807, 2.05) is 0 Å². The lowest BCUT2D eigenvalue weighted by atomic mass is 10.2. The van der Waals surface area contributed by atoms with Crippen LogP contribution in [0.3, 0.4) is 0 Å². The number of aliphatic hydroxyl groups excluding tert-OH is 1. The molecule has 0 bridgehead atoms. The molecular weight excluding hydrogens is 435 g/mol. The summed E-state index contributed by atoms with van der Waals surface area (Å²) in [5, 5.41) is 10.0. The molecule has 0 spiro atoms. The molecule has 1 N–H and O–H groups in total. The zero-order valence-corrected chi connectivity index (χ0v) is 17.8. The highest BCUT2D eigenvalue weighted by molar-refractivity contribution is 6.30. The van der Waals surface area contributed by atoms with Crippen molar-refractivity contribution in [1.29, 1.82) is 0 Å². The van der Waals surface area contributed by atoms with E-state index in [-0.39, 0.29) is 19.0 Å². The van der Waals surface area contributed by atoms with Gasteiger partial charge in [0.25, 0.3) is 0 Å². The number of hydrogen-bond acceptors (Lipinski definition) is 7. The van der Waals surface area contributed by atoms with Gasteiger partial charge in [-0.25, -0.2) is 9.59 Å². The van der Waals surface area contributed by atoms with Crippen molar-refractivity contribution in [1.82, 2.24) is 0 Å². The first-order valence-corrected chi connectivity index (χ1v) is 9.88. The summed E-state index contributed by atoms with van der Waals surface area (Å²) in [6, 6.07) is 13.5. The molecule has 0 amide bonds. The first-order chi connectivity index (χ1) is 14.4. The average molecular weight is 457 g/mol. The number of methoxy groups -OCH3 is 1. The van der Waals surface area contributed by atoms with Crippen LogP contribution >= 0.6 is 23.2 Å². The molecule has 1 heterocycles. The van der Waals surface area contributed by atoms with Crippen LogP contribution in [0.1, 0.15) is 12.8 Å². The van der Waals surface area contributed by atoms with Crippen LogP contribution in [0.15, 0.2) is 48.5 Å². The van der Waals surface area contributed by atoms with Gasteiger partial charge in [0, 0.05) is 29.5 Å². The highest BCUT2D eigenvalue weighted by Crippen LogP contribution is 2.20. The third-order valence-electron chi connectivity index (χ3n) is 3.93. The van der Waals surface area contributed by atoms with Crippen molar-refractivity contribution in [2.75, 3.05) is 20.3 Å². The number of carbonyl (C=O) groups is 2. The van der Waals surface area contributed by atoms with Crippen LogP contribution in [0.5, 0.6) is 11.5 Å². The Morgan fingerprint density at radius 2 is 1.67 bits per heavy atom. The zero-order chi connectivity index (χ0) is 21.9. The van der Waals surface area contributed by atoms with Gasteiger partial charge >= 0.3 is 11.9 Å². The Balaban J connectivity index is 0.000000215. The van der Waals surface area contributed by atoms with E-state index in [9.17, 15) is 9.59 Å². The van der Waals surface area contributed by atoms with E-state index in [0.29, 0.717) is 34.6 Å². The molecule has 1 aliphatic rings. The van der Waals surface area contributed by atoms with Crippen molar-refractivity contribution in [3.8, 4) is 11.5 Å². The quantitative estimate of drug-likeness (QED) is 0.635. The lowest BCUT2D eigenvalue weighted by molar-refractivity contribution is -0.149. The molecule has 0 saturated carbocycles. The van der Waals surface area contributed by atoms with Crippen LogP contribution < -0.4 is 9.47 Å². The van der Waals surface area contributed by atoms with Gasteiger partial charge in [0.15, 0.2) is 12.2 Å². The van der Waals surface area contributed by atoms with Crippen LogP contribution in [-0.2, 0) is 19.1 Å². The predicted octanol–water partition coefficient (Wildman–Crippen LogP) is 3.68. The SMILES string of the molecule is COC(=O)C(CCO)Oc1ccc(Cl)cc1.O=C1OCCC1Oc1ccc(Cl)cc1. The van der Waals surface area contributed by atoms with Crippen molar-refractivity contribution in [3.63, 3.8) is 0 Å². The molecule has 1 aliphatic heterocycles. The Labute approximate surface area is 184 Å². The molecule has 1 saturated heterocycles. The van der Waals surface area contributed by atoms with Crippen molar-refractivity contribution >= 4 is 35.1 Å². The second-order valence-electron chi connectivity index (χ2n) is 6.11. The second-order valence-corrected chi connectivity index (χ2v) is 6.99. The molecule has 0 aliphatic carbocycles. The maximum Gasteiger partial charge on any atom is 0.347 e. The minimum absolute atomic E-state index is 0.145. The van der Waals surface area contributed by atoms with E-state index >= 15 is 0 Å². The van der Waals surface area contributed by atoms with Crippen molar-refractivity contribution in [2.45, 2.75) is 25.0 Å². The summed E-state index contributed by atoms with van der Waals surface area (Å²) in [6.45, 7) is 0.296. The molecule has 1 fully saturated rings. The second kappa shape index (κ2) is 12.3. The van der Waals surface area contributed by atoms with Crippen LogP contribution in [-0.4, -0.2) is 49.6 Å². The number of benzene rings is 2. The van der Waals surface area contributed by atoms with E-state index in [0.717, 1.165) is 0 Å². The van der Waals surface area contributed by atoms with Gasteiger partial charge < -0.3 is 24.1 Å². The number of aliphatic hydroxyl groups is 1. The fourth-order valence-corrected chi connectivity index (χ4v) is 2.66. The van der Waals surface area contributed by atoms with Gasteiger partial charge in [0.05, 0.1) is 13.7 Å². The lowest BCUT2D eigenvalue weighted by Crippen LogP contribution is -2.29. The van der Waals surface area contributed by atoms with Gasteiger partial charge in [-0.15, -0.1) is 0 Å². The Bertz CT molecular complexity index is 809. The highest BCUT2D eigenvalue weighted by Gasteiger charge is 2.28. The minimum Gasteiger partial charge on any atom is -0.479 e. The van der Waals surface area contributed by atoms with Crippen LogP contribution in [0.4, 0.5) is 0 Å². The topological polar surface area (TPSA) is 91.3 Å². The molecule has 2 aromatic carbocycles. The predicted molar refractivity (Wildman–Crippen MR) is 111 cm³/mol. The first kappa shape index (κ1) is 23.8. The van der Waals surface area contributed by atoms with Crippen molar-refractivity contribution in [2.24, 2.45) is 0 Å². The van der Waals surface area contributed by atoms with E-state index in [2.05, 4.69) is 4.74 Å². The summed E-state index contributed by atoms with van der Waals surface area (Å²) >= 11 is 11.4. The van der Waals surface area contributed by atoms with E-state index in [1.54, 1.807) is 48.5 Å². The Kier molecular flexibility index (Phi) is 9.73. The highest BCUT2D eigenvalue weighted by atomic mass is 35.5. The van der Waals surface area contributed by atoms with Crippen LogP contribution in [0.25, 0.3) is 0 Å². The molecule has 30 heavy (non-hydrogen) atoms. The number of rotatable bonds is 7. The third kappa shape index (κ3) is 7.74. The maximum absolute atomic E-state index is 11.3. The van der Waals surface area contributed by atoms with Gasteiger partial charge in [-0.1, -0.05) is 23.2 Å². The van der Waals surface area contributed by atoms with Gasteiger partial charge in [-0.3, -0.25) is 0 Å². The Hall–Kier alpha value is -2.48. The Morgan fingerprint density at radius 3 is 2.13 bits per heavy atom. The summed E-state index contributed by atoms with van der Waals surface area (Å²) in [5.41, 5.74) is 0. The normalized spacial score (nSPS) is 16.0.